The van der Waals surface area contributed by atoms with E-state index in [1.165, 1.54) is 13.2 Å². The van der Waals surface area contributed by atoms with Crippen LogP contribution in [0.1, 0.15) is 18.4 Å². The molecule has 0 amide bonds. The number of methoxy groups -OCH3 is 1. The zero-order chi connectivity index (χ0) is 11.8. The third kappa shape index (κ3) is 4.37. The predicted molar refractivity (Wildman–Crippen MR) is 64.6 cm³/mol. The highest BCUT2D eigenvalue weighted by molar-refractivity contribution is 6.17. The molecule has 0 fully saturated rings. The van der Waals surface area contributed by atoms with Crippen LogP contribution >= 0.6 is 11.6 Å². The summed E-state index contributed by atoms with van der Waals surface area (Å²) in [4.78, 5) is 0. The Labute approximate surface area is 101 Å². The number of ether oxygens (including phenoxy) is 1. The number of halogens is 2. The highest BCUT2D eigenvalue weighted by atomic mass is 35.5. The number of hydrogen-bond acceptors (Lipinski definition) is 2. The van der Waals surface area contributed by atoms with E-state index in [2.05, 4.69) is 5.32 Å². The van der Waals surface area contributed by atoms with Crippen LogP contribution in [0.4, 0.5) is 4.39 Å². The summed E-state index contributed by atoms with van der Waals surface area (Å²) in [5.41, 5.74) is 0.921. The van der Waals surface area contributed by atoms with E-state index in [0.717, 1.165) is 24.9 Å². The van der Waals surface area contributed by atoms with Crippen LogP contribution in [-0.4, -0.2) is 19.5 Å². The molecule has 1 aromatic carbocycles. The Balaban J connectivity index is 2.34. The van der Waals surface area contributed by atoms with Crippen LogP contribution in [0.2, 0.25) is 0 Å². The molecule has 0 aliphatic rings. The van der Waals surface area contributed by atoms with Crippen molar-refractivity contribution in [2.45, 2.75) is 19.4 Å². The lowest BCUT2D eigenvalue weighted by Crippen LogP contribution is -2.14. The molecule has 0 aliphatic carbocycles. The summed E-state index contributed by atoms with van der Waals surface area (Å²) in [5.74, 6) is 0.659. The molecule has 0 saturated heterocycles. The molecule has 2 nitrogen and oxygen atoms in total. The van der Waals surface area contributed by atoms with E-state index in [4.69, 9.17) is 16.3 Å². The van der Waals surface area contributed by atoms with Gasteiger partial charge in [0.15, 0.2) is 11.6 Å². The van der Waals surface area contributed by atoms with Gasteiger partial charge in [0.05, 0.1) is 7.11 Å². The van der Waals surface area contributed by atoms with Gasteiger partial charge < -0.3 is 10.1 Å². The van der Waals surface area contributed by atoms with Crippen molar-refractivity contribution in [3.05, 3.63) is 29.6 Å². The zero-order valence-electron chi connectivity index (χ0n) is 9.43. The van der Waals surface area contributed by atoms with Crippen molar-refractivity contribution < 1.29 is 9.13 Å². The predicted octanol–water partition coefficient (Wildman–Crippen LogP) is 2.94. The minimum atomic E-state index is -0.317. The van der Waals surface area contributed by atoms with E-state index in [1.54, 1.807) is 6.07 Å². The summed E-state index contributed by atoms with van der Waals surface area (Å²) < 4.78 is 18.2. The smallest absolute Gasteiger partial charge is 0.165 e. The molecule has 0 heterocycles. The number of hydrogen-bond donors (Lipinski definition) is 1. The molecule has 0 aliphatic heterocycles. The Morgan fingerprint density at radius 3 is 2.81 bits per heavy atom. The lowest BCUT2D eigenvalue weighted by molar-refractivity contribution is 0.386. The van der Waals surface area contributed by atoms with E-state index >= 15 is 0 Å². The molecule has 0 atom stereocenters. The largest absolute Gasteiger partial charge is 0.494 e. The molecule has 90 valence electrons. The quantitative estimate of drug-likeness (QED) is 0.589. The van der Waals surface area contributed by atoms with Gasteiger partial charge in [0, 0.05) is 12.4 Å². The Kier molecular flexibility index (Phi) is 6.19. The fourth-order valence-electron chi connectivity index (χ4n) is 1.40. The van der Waals surface area contributed by atoms with Crippen molar-refractivity contribution in [1.29, 1.82) is 0 Å². The van der Waals surface area contributed by atoms with Crippen molar-refractivity contribution >= 4 is 11.6 Å². The molecule has 0 radical (unpaired) electrons. The molecular formula is C12H17ClFNO. The van der Waals surface area contributed by atoms with Crippen LogP contribution < -0.4 is 10.1 Å². The van der Waals surface area contributed by atoms with E-state index in [9.17, 15) is 4.39 Å². The summed E-state index contributed by atoms with van der Waals surface area (Å²) in [7, 11) is 1.46. The molecule has 1 rings (SSSR count). The highest BCUT2D eigenvalue weighted by Gasteiger charge is 2.02. The summed E-state index contributed by atoms with van der Waals surface area (Å²) in [5, 5.41) is 3.24. The molecule has 16 heavy (non-hydrogen) atoms. The Morgan fingerprint density at radius 2 is 2.19 bits per heavy atom. The third-order valence-electron chi connectivity index (χ3n) is 2.28. The van der Waals surface area contributed by atoms with Gasteiger partial charge in [-0.1, -0.05) is 6.07 Å². The van der Waals surface area contributed by atoms with Crippen LogP contribution in [-0.2, 0) is 6.54 Å². The summed E-state index contributed by atoms with van der Waals surface area (Å²) in [6.45, 7) is 1.57. The van der Waals surface area contributed by atoms with Crippen molar-refractivity contribution in [2.75, 3.05) is 19.5 Å². The van der Waals surface area contributed by atoms with Crippen molar-refractivity contribution in [1.82, 2.24) is 5.32 Å². The Morgan fingerprint density at radius 1 is 1.38 bits per heavy atom. The number of nitrogens with one attached hydrogen (secondary N) is 1. The first-order chi connectivity index (χ1) is 7.77. The lowest BCUT2D eigenvalue weighted by atomic mass is 10.2. The molecule has 0 unspecified atom stereocenters. The summed E-state index contributed by atoms with van der Waals surface area (Å²) >= 11 is 5.56. The molecule has 0 bridgehead atoms. The maximum atomic E-state index is 13.3. The highest BCUT2D eigenvalue weighted by Crippen LogP contribution is 2.17. The van der Waals surface area contributed by atoms with Crippen LogP contribution in [0.25, 0.3) is 0 Å². The van der Waals surface area contributed by atoms with E-state index in [0.29, 0.717) is 12.4 Å². The standard InChI is InChI=1S/C12H17ClFNO/c1-16-12-5-4-10(8-11(12)14)9-15-7-3-2-6-13/h4-5,8,15H,2-3,6-7,9H2,1H3. The van der Waals surface area contributed by atoms with E-state index in [-0.39, 0.29) is 11.6 Å². The van der Waals surface area contributed by atoms with Gasteiger partial charge >= 0.3 is 0 Å². The molecular weight excluding hydrogens is 229 g/mol. The molecule has 1 aromatic rings. The second-order valence-electron chi connectivity index (χ2n) is 3.54. The van der Waals surface area contributed by atoms with E-state index < -0.39 is 0 Å². The first-order valence-electron chi connectivity index (χ1n) is 5.37. The summed E-state index contributed by atoms with van der Waals surface area (Å²) in [6.07, 6.45) is 2.05. The third-order valence-corrected chi connectivity index (χ3v) is 2.55. The van der Waals surface area contributed by atoms with Gasteiger partial charge in [0.25, 0.3) is 0 Å². The summed E-state index contributed by atoms with van der Waals surface area (Å²) in [6, 6.07) is 4.99. The van der Waals surface area contributed by atoms with Crippen LogP contribution in [0.5, 0.6) is 5.75 Å². The van der Waals surface area contributed by atoms with Gasteiger partial charge in [-0.3, -0.25) is 0 Å². The van der Waals surface area contributed by atoms with Gasteiger partial charge in [0.2, 0.25) is 0 Å². The molecule has 0 aromatic heterocycles. The van der Waals surface area contributed by atoms with Gasteiger partial charge in [-0.2, -0.15) is 0 Å². The first-order valence-corrected chi connectivity index (χ1v) is 5.90. The van der Waals surface area contributed by atoms with Gasteiger partial charge in [-0.25, -0.2) is 4.39 Å². The lowest BCUT2D eigenvalue weighted by Gasteiger charge is -2.06. The SMILES string of the molecule is COc1ccc(CNCCCCCl)cc1F. The second-order valence-corrected chi connectivity index (χ2v) is 3.92. The van der Waals surface area contributed by atoms with Gasteiger partial charge in [0.1, 0.15) is 0 Å². The number of rotatable bonds is 7. The van der Waals surface area contributed by atoms with E-state index in [1.807, 2.05) is 6.07 Å². The maximum Gasteiger partial charge on any atom is 0.165 e. The minimum absolute atomic E-state index is 0.283. The van der Waals surface area contributed by atoms with Crippen LogP contribution in [0.3, 0.4) is 0 Å². The normalized spacial score (nSPS) is 10.4. The number of unbranched alkanes of at least 4 members (excludes halogenated alkanes) is 1. The molecule has 1 N–H and O–H groups in total. The van der Waals surface area contributed by atoms with Gasteiger partial charge in [-0.05, 0) is 37.1 Å². The Bertz CT molecular complexity index is 320. The fourth-order valence-corrected chi connectivity index (χ4v) is 1.59. The van der Waals surface area contributed by atoms with Crippen LogP contribution in [0, 0.1) is 5.82 Å². The number of alkyl halides is 1. The fraction of sp³-hybridized carbons (Fsp3) is 0.500. The van der Waals surface area contributed by atoms with Crippen molar-refractivity contribution in [3.8, 4) is 5.75 Å². The van der Waals surface area contributed by atoms with Gasteiger partial charge in [-0.15, -0.1) is 11.6 Å². The number of benzene rings is 1. The average molecular weight is 246 g/mol. The monoisotopic (exact) mass is 245 g/mol. The van der Waals surface area contributed by atoms with Crippen molar-refractivity contribution in [2.24, 2.45) is 0 Å². The van der Waals surface area contributed by atoms with Crippen LogP contribution in [0.15, 0.2) is 18.2 Å². The second kappa shape index (κ2) is 7.47. The topological polar surface area (TPSA) is 21.3 Å². The maximum absolute atomic E-state index is 13.3. The first kappa shape index (κ1) is 13.3. The molecule has 0 saturated carbocycles. The molecule has 4 heteroatoms. The zero-order valence-corrected chi connectivity index (χ0v) is 10.2. The van der Waals surface area contributed by atoms with Crippen molar-refractivity contribution in [3.63, 3.8) is 0 Å². The molecule has 0 spiro atoms. The minimum Gasteiger partial charge on any atom is -0.494 e. The average Bonchev–Trinajstić information content (AvgIpc) is 2.29. The Hall–Kier alpha value is -0.800.